The highest BCUT2D eigenvalue weighted by Gasteiger charge is 2.17. The van der Waals surface area contributed by atoms with Crippen LogP contribution in [0.2, 0.25) is 0 Å². The van der Waals surface area contributed by atoms with Gasteiger partial charge >= 0.3 is 0 Å². The fraction of sp³-hybridized carbons (Fsp3) is 0.375. The van der Waals surface area contributed by atoms with Crippen molar-refractivity contribution in [2.24, 2.45) is 0 Å². The van der Waals surface area contributed by atoms with E-state index in [0.29, 0.717) is 21.9 Å². The van der Waals surface area contributed by atoms with Crippen LogP contribution >= 0.6 is 11.6 Å². The lowest BCUT2D eigenvalue weighted by Crippen LogP contribution is -2.31. The maximum absolute atomic E-state index is 11.2. The number of halogens is 1. The summed E-state index contributed by atoms with van der Waals surface area (Å²) in [5.74, 6) is 0.976. The monoisotopic (exact) mass is 203 g/mol. The molecule has 0 aliphatic heterocycles. The van der Waals surface area contributed by atoms with E-state index in [9.17, 15) is 5.21 Å². The minimum atomic E-state index is 0.0872. The highest BCUT2D eigenvalue weighted by molar-refractivity contribution is 6.17. The maximum Gasteiger partial charge on any atom is 0.253 e. The second kappa shape index (κ2) is 4.18. The lowest BCUT2D eigenvalue weighted by atomic mass is 10.3. The maximum atomic E-state index is 11.2. The lowest BCUT2D eigenvalue weighted by molar-refractivity contribution is -0.613. The van der Waals surface area contributed by atoms with Crippen molar-refractivity contribution in [3.05, 3.63) is 23.2 Å². The van der Waals surface area contributed by atoms with E-state index in [0.717, 1.165) is 0 Å². The van der Waals surface area contributed by atoms with Crippen LogP contribution in [-0.4, -0.2) is 14.2 Å². The van der Waals surface area contributed by atoms with Gasteiger partial charge in [-0.05, 0) is 0 Å². The Bertz CT molecular complexity index is 304. The predicted molar refractivity (Wildman–Crippen MR) is 48.1 cm³/mol. The van der Waals surface area contributed by atoms with E-state index in [2.05, 4.69) is 0 Å². The zero-order valence-corrected chi connectivity index (χ0v) is 8.17. The van der Waals surface area contributed by atoms with Gasteiger partial charge in [-0.15, -0.1) is 11.6 Å². The van der Waals surface area contributed by atoms with E-state index in [1.165, 1.54) is 26.5 Å². The largest absolute Gasteiger partial charge is 0.618 e. The van der Waals surface area contributed by atoms with Crippen molar-refractivity contribution in [2.45, 2.75) is 5.88 Å². The molecule has 13 heavy (non-hydrogen) atoms. The summed E-state index contributed by atoms with van der Waals surface area (Å²) in [5, 5.41) is 11.2. The molecule has 0 saturated carbocycles. The molecule has 0 saturated heterocycles. The van der Waals surface area contributed by atoms with Gasteiger partial charge in [0.1, 0.15) is 5.88 Å². The molecule has 0 N–H and O–H groups in total. The summed E-state index contributed by atoms with van der Waals surface area (Å²) in [4.78, 5) is 0. The van der Waals surface area contributed by atoms with Gasteiger partial charge in [-0.2, -0.15) is 4.73 Å². The Kier molecular flexibility index (Phi) is 3.19. The molecule has 1 rings (SSSR count). The molecule has 0 aromatic carbocycles. The fourth-order valence-electron chi connectivity index (χ4n) is 1.04. The summed E-state index contributed by atoms with van der Waals surface area (Å²) in [6, 6.07) is 1.53. The van der Waals surface area contributed by atoms with Gasteiger partial charge in [0.2, 0.25) is 5.75 Å². The third kappa shape index (κ3) is 1.78. The van der Waals surface area contributed by atoms with Crippen LogP contribution in [0.4, 0.5) is 0 Å². The van der Waals surface area contributed by atoms with Gasteiger partial charge in [-0.1, -0.05) is 0 Å². The molecule has 0 fully saturated rings. The summed E-state index contributed by atoms with van der Waals surface area (Å²) in [5.41, 5.74) is 0.350. The van der Waals surface area contributed by atoms with Crippen molar-refractivity contribution in [3.63, 3.8) is 0 Å². The number of pyridine rings is 1. The smallest absolute Gasteiger partial charge is 0.253 e. The Morgan fingerprint density at radius 3 is 2.62 bits per heavy atom. The van der Waals surface area contributed by atoms with Crippen LogP contribution in [-0.2, 0) is 5.88 Å². The molecule has 1 heterocycles. The SMILES string of the molecule is COc1cc[n+]([O-])c(CCl)c1OC. The van der Waals surface area contributed by atoms with Crippen molar-refractivity contribution in [3.8, 4) is 11.5 Å². The molecule has 72 valence electrons. The third-order valence-corrected chi connectivity index (χ3v) is 1.92. The average Bonchev–Trinajstić information content (AvgIpc) is 2.17. The normalized spacial score (nSPS) is 9.77. The molecular formula is C8H10ClNO3. The van der Waals surface area contributed by atoms with E-state index in [1.54, 1.807) is 0 Å². The minimum Gasteiger partial charge on any atom is -0.618 e. The minimum absolute atomic E-state index is 0.0872. The zero-order valence-electron chi connectivity index (χ0n) is 7.41. The first-order chi connectivity index (χ1) is 6.24. The van der Waals surface area contributed by atoms with Gasteiger partial charge in [0.15, 0.2) is 11.9 Å². The van der Waals surface area contributed by atoms with Crippen molar-refractivity contribution in [2.75, 3.05) is 14.2 Å². The number of hydrogen-bond acceptors (Lipinski definition) is 3. The number of hydrogen-bond donors (Lipinski definition) is 0. The molecule has 5 heteroatoms. The predicted octanol–water partition coefficient (Wildman–Crippen LogP) is 1.08. The molecule has 1 aromatic heterocycles. The second-order valence-electron chi connectivity index (χ2n) is 2.32. The molecule has 0 bridgehead atoms. The first-order valence-corrected chi connectivity index (χ1v) is 4.17. The van der Waals surface area contributed by atoms with Gasteiger partial charge < -0.3 is 14.7 Å². The van der Waals surface area contributed by atoms with Gasteiger partial charge in [-0.25, -0.2) is 0 Å². The summed E-state index contributed by atoms with van der Waals surface area (Å²) < 4.78 is 10.7. The quantitative estimate of drug-likeness (QED) is 0.420. The van der Waals surface area contributed by atoms with E-state index in [4.69, 9.17) is 21.1 Å². The van der Waals surface area contributed by atoms with E-state index in [1.807, 2.05) is 0 Å². The molecule has 0 aliphatic carbocycles. The zero-order chi connectivity index (χ0) is 9.84. The van der Waals surface area contributed by atoms with Gasteiger partial charge in [0.25, 0.3) is 5.69 Å². The highest BCUT2D eigenvalue weighted by Crippen LogP contribution is 2.28. The topological polar surface area (TPSA) is 45.4 Å². The molecule has 4 nitrogen and oxygen atoms in total. The number of alkyl halides is 1. The third-order valence-electron chi connectivity index (χ3n) is 1.66. The first kappa shape index (κ1) is 9.92. The summed E-state index contributed by atoms with van der Waals surface area (Å²) in [7, 11) is 2.97. The summed E-state index contributed by atoms with van der Waals surface area (Å²) in [6.07, 6.45) is 1.33. The molecular weight excluding hydrogens is 194 g/mol. The van der Waals surface area contributed by atoms with Crippen molar-refractivity contribution in [1.82, 2.24) is 0 Å². The molecule has 0 amide bonds. The van der Waals surface area contributed by atoms with E-state index >= 15 is 0 Å². The van der Waals surface area contributed by atoms with Gasteiger partial charge in [-0.3, -0.25) is 0 Å². The van der Waals surface area contributed by atoms with Crippen LogP contribution in [0, 0.1) is 5.21 Å². The molecule has 0 spiro atoms. The van der Waals surface area contributed by atoms with Crippen LogP contribution in [0.3, 0.4) is 0 Å². The van der Waals surface area contributed by atoms with Crippen molar-refractivity contribution < 1.29 is 14.2 Å². The van der Waals surface area contributed by atoms with Gasteiger partial charge in [0.05, 0.1) is 14.2 Å². The van der Waals surface area contributed by atoms with Crippen molar-refractivity contribution in [1.29, 1.82) is 0 Å². The molecule has 1 aromatic rings. The number of aromatic nitrogens is 1. The number of ether oxygens (including phenoxy) is 2. The number of methoxy groups -OCH3 is 2. The lowest BCUT2D eigenvalue weighted by Gasteiger charge is -2.10. The average molecular weight is 204 g/mol. The van der Waals surface area contributed by atoms with Crippen molar-refractivity contribution >= 4 is 11.6 Å². The second-order valence-corrected chi connectivity index (χ2v) is 2.59. The molecule has 0 unspecified atom stereocenters. The van der Waals surface area contributed by atoms with Crippen LogP contribution in [0.15, 0.2) is 12.3 Å². The van der Waals surface area contributed by atoms with Crippen LogP contribution in [0.25, 0.3) is 0 Å². The molecule has 0 radical (unpaired) electrons. The summed E-state index contributed by atoms with van der Waals surface area (Å²) in [6.45, 7) is 0. The van der Waals surface area contributed by atoms with E-state index in [-0.39, 0.29) is 5.88 Å². The Labute approximate surface area is 81.2 Å². The molecule has 0 atom stereocenters. The Hall–Kier alpha value is -1.16. The highest BCUT2D eigenvalue weighted by atomic mass is 35.5. The first-order valence-electron chi connectivity index (χ1n) is 3.63. The molecule has 0 aliphatic rings. The Morgan fingerprint density at radius 1 is 1.46 bits per heavy atom. The standard InChI is InChI=1S/C8H10ClNO3/c1-12-7-3-4-10(11)6(5-9)8(7)13-2/h3-4H,5H2,1-2H3. The van der Waals surface area contributed by atoms with Gasteiger partial charge in [0, 0.05) is 6.07 Å². The number of rotatable bonds is 3. The number of nitrogens with zero attached hydrogens (tertiary/aromatic N) is 1. The Morgan fingerprint density at radius 2 is 2.15 bits per heavy atom. The van der Waals surface area contributed by atoms with E-state index < -0.39 is 0 Å². The van der Waals surface area contributed by atoms with Crippen LogP contribution in [0.5, 0.6) is 11.5 Å². The van der Waals surface area contributed by atoms with Crippen LogP contribution < -0.4 is 14.2 Å². The Balaban J connectivity index is 3.27. The summed E-state index contributed by atoms with van der Waals surface area (Å²) >= 11 is 5.59. The fourth-order valence-corrected chi connectivity index (χ4v) is 1.28. The van der Waals surface area contributed by atoms with Crippen LogP contribution in [0.1, 0.15) is 5.69 Å².